The first-order chi connectivity index (χ1) is 43.6. The van der Waals surface area contributed by atoms with Crippen LogP contribution in [0.15, 0.2) is 72.9 Å². The van der Waals surface area contributed by atoms with Crippen molar-refractivity contribution in [1.82, 2.24) is 5.32 Å². The molecule has 2 aliphatic heterocycles. The summed E-state index contributed by atoms with van der Waals surface area (Å²) < 4.78 is 22.9. The molecule has 0 radical (unpaired) electrons. The number of carbonyl (C=O) groups is 1. The predicted molar refractivity (Wildman–Crippen MR) is 364 cm³/mol. The standard InChI is InChI=1S/C75H135NO13/c1-3-5-7-9-11-13-15-17-19-21-23-25-26-27-28-29-30-31-32-33-34-35-36-37-38-39-41-43-45-47-49-51-53-55-57-59-67(80)76-63(64(79)58-56-54-52-50-48-46-44-42-40-24-22-20-18-16-14-12-10-8-6-4-2)62-86-74-72(85)70(83)73(66(61-78)88-74)89-75-71(84)69(82)68(81)65(60-77)87-75/h5,7,11,13,17,19,23,25,27-28,30-31,63-66,68-75,77-79,81-85H,3-4,6,8-10,12,14-16,18,20-22,24,26,29,32-62H2,1-2H3,(H,76,80)/b7-5-,13-11-,19-17-,25-23-,28-27-,31-30-. The largest absolute Gasteiger partial charge is 0.394 e. The molecule has 0 aliphatic carbocycles. The van der Waals surface area contributed by atoms with Crippen LogP contribution in [0.25, 0.3) is 0 Å². The molecule has 9 N–H and O–H groups in total. The Kier molecular flexibility index (Phi) is 54.9. The van der Waals surface area contributed by atoms with Gasteiger partial charge in [-0.05, 0) is 64.2 Å². The zero-order chi connectivity index (χ0) is 64.5. The smallest absolute Gasteiger partial charge is 0.220 e. The van der Waals surface area contributed by atoms with Gasteiger partial charge in [0.05, 0.1) is 32.0 Å². The zero-order valence-electron chi connectivity index (χ0n) is 56.4. The van der Waals surface area contributed by atoms with Crippen molar-refractivity contribution >= 4 is 5.91 Å². The number of amides is 1. The van der Waals surface area contributed by atoms with E-state index in [1.807, 2.05) is 0 Å². The van der Waals surface area contributed by atoms with Crippen molar-refractivity contribution in [3.05, 3.63) is 72.9 Å². The van der Waals surface area contributed by atoms with E-state index >= 15 is 0 Å². The van der Waals surface area contributed by atoms with E-state index in [1.165, 1.54) is 186 Å². The first-order valence-corrected chi connectivity index (χ1v) is 36.7. The number of hydrogen-bond donors (Lipinski definition) is 9. The summed E-state index contributed by atoms with van der Waals surface area (Å²) in [5, 5.41) is 87.7. The minimum Gasteiger partial charge on any atom is -0.394 e. The van der Waals surface area contributed by atoms with Crippen LogP contribution in [-0.4, -0.2) is 140 Å². The van der Waals surface area contributed by atoms with Gasteiger partial charge in [0.25, 0.3) is 0 Å². The van der Waals surface area contributed by atoms with E-state index in [2.05, 4.69) is 92.1 Å². The summed E-state index contributed by atoms with van der Waals surface area (Å²) in [6.07, 6.45) is 63.4. The molecule has 12 atom stereocenters. The van der Waals surface area contributed by atoms with E-state index in [-0.39, 0.29) is 12.5 Å². The van der Waals surface area contributed by atoms with Crippen LogP contribution in [0.3, 0.4) is 0 Å². The van der Waals surface area contributed by atoms with Gasteiger partial charge in [-0.2, -0.15) is 0 Å². The molecule has 1 amide bonds. The summed E-state index contributed by atoms with van der Waals surface area (Å²) in [7, 11) is 0. The van der Waals surface area contributed by atoms with Gasteiger partial charge in [0.15, 0.2) is 12.6 Å². The number of rotatable bonds is 60. The molecule has 2 rings (SSSR count). The van der Waals surface area contributed by atoms with Crippen LogP contribution in [0.4, 0.5) is 0 Å². The van der Waals surface area contributed by atoms with Crippen molar-refractivity contribution in [2.45, 2.75) is 376 Å². The van der Waals surface area contributed by atoms with Crippen LogP contribution in [0.1, 0.15) is 303 Å². The van der Waals surface area contributed by atoms with E-state index in [1.54, 1.807) is 0 Å². The van der Waals surface area contributed by atoms with Crippen LogP contribution < -0.4 is 5.32 Å². The van der Waals surface area contributed by atoms with Gasteiger partial charge in [-0.1, -0.05) is 305 Å². The van der Waals surface area contributed by atoms with Crippen molar-refractivity contribution in [1.29, 1.82) is 0 Å². The Morgan fingerprint density at radius 2 is 0.775 bits per heavy atom. The number of nitrogens with one attached hydrogen (secondary N) is 1. The van der Waals surface area contributed by atoms with Crippen molar-refractivity contribution in [2.24, 2.45) is 0 Å². The number of hydrogen-bond acceptors (Lipinski definition) is 13. The fraction of sp³-hybridized carbons (Fsp3) is 0.827. The maximum Gasteiger partial charge on any atom is 0.220 e. The van der Waals surface area contributed by atoms with Crippen LogP contribution in [0.2, 0.25) is 0 Å². The van der Waals surface area contributed by atoms with Crippen LogP contribution in [-0.2, 0) is 23.7 Å². The first kappa shape index (κ1) is 82.5. The van der Waals surface area contributed by atoms with E-state index < -0.39 is 86.8 Å². The first-order valence-electron chi connectivity index (χ1n) is 36.7. The van der Waals surface area contributed by atoms with Crippen LogP contribution in [0.5, 0.6) is 0 Å². The summed E-state index contributed by atoms with van der Waals surface area (Å²) in [6.45, 7) is 2.78. The second-order valence-corrected chi connectivity index (χ2v) is 25.7. The lowest BCUT2D eigenvalue weighted by molar-refractivity contribution is -0.359. The van der Waals surface area contributed by atoms with Gasteiger partial charge < -0.3 is 65.1 Å². The van der Waals surface area contributed by atoms with E-state index in [4.69, 9.17) is 18.9 Å². The van der Waals surface area contributed by atoms with Gasteiger partial charge >= 0.3 is 0 Å². The average Bonchev–Trinajstić information content (AvgIpc) is 3.62. The summed E-state index contributed by atoms with van der Waals surface area (Å²) in [6, 6.07) is -0.832. The van der Waals surface area contributed by atoms with Gasteiger partial charge in [0.1, 0.15) is 48.8 Å². The molecule has 518 valence electrons. The van der Waals surface area contributed by atoms with E-state index in [0.717, 1.165) is 89.9 Å². The number of unbranched alkanes of at least 4 members (excludes halogenated alkanes) is 35. The lowest BCUT2D eigenvalue weighted by Gasteiger charge is -2.46. The number of ether oxygens (including phenoxy) is 4. The quantitative estimate of drug-likeness (QED) is 0.0204. The van der Waals surface area contributed by atoms with Crippen molar-refractivity contribution in [3.8, 4) is 0 Å². The fourth-order valence-corrected chi connectivity index (χ4v) is 11.9. The highest BCUT2D eigenvalue weighted by molar-refractivity contribution is 5.76. The highest BCUT2D eigenvalue weighted by atomic mass is 16.7. The maximum atomic E-state index is 13.4. The van der Waals surface area contributed by atoms with Gasteiger partial charge in [-0.25, -0.2) is 0 Å². The van der Waals surface area contributed by atoms with Crippen LogP contribution >= 0.6 is 0 Å². The average molecular weight is 1260 g/mol. The summed E-state index contributed by atoms with van der Waals surface area (Å²) in [4.78, 5) is 13.4. The van der Waals surface area contributed by atoms with Gasteiger partial charge in [-0.3, -0.25) is 4.79 Å². The second-order valence-electron chi connectivity index (χ2n) is 25.7. The van der Waals surface area contributed by atoms with Crippen molar-refractivity contribution in [2.75, 3.05) is 19.8 Å². The molecular formula is C75H135NO13. The SMILES string of the molecule is CC/C=C\C/C=C\C/C=C\C/C=C\C/C=C\C/C=C\CCCCCCCCCCCCCCCCCCC(=O)NC(COC1OC(CO)C(OC2OC(CO)C(O)C(O)C2O)C(O)C1O)C(O)CCCCCCCCCCCCCCCCCCCCCC. The Labute approximate surface area is 542 Å². The number of carbonyl (C=O) groups excluding carboxylic acids is 1. The molecule has 2 saturated heterocycles. The fourth-order valence-electron chi connectivity index (χ4n) is 11.9. The molecule has 0 bridgehead atoms. The van der Waals surface area contributed by atoms with Gasteiger partial charge in [0, 0.05) is 6.42 Å². The molecule has 0 saturated carbocycles. The number of aliphatic hydroxyl groups is 8. The summed E-state index contributed by atoms with van der Waals surface area (Å²) >= 11 is 0. The van der Waals surface area contributed by atoms with Crippen molar-refractivity contribution < 1.29 is 64.6 Å². The third-order valence-corrected chi connectivity index (χ3v) is 17.7. The minimum atomic E-state index is -1.78. The lowest BCUT2D eigenvalue weighted by atomic mass is 9.97. The molecule has 2 heterocycles. The molecule has 14 nitrogen and oxygen atoms in total. The molecule has 2 aliphatic rings. The molecule has 0 aromatic carbocycles. The monoisotopic (exact) mass is 1260 g/mol. The van der Waals surface area contributed by atoms with E-state index in [0.29, 0.717) is 12.8 Å². The predicted octanol–water partition coefficient (Wildman–Crippen LogP) is 15.4. The van der Waals surface area contributed by atoms with E-state index in [9.17, 15) is 45.6 Å². The molecule has 2 fully saturated rings. The Morgan fingerprint density at radius 1 is 0.416 bits per heavy atom. The summed E-state index contributed by atoms with van der Waals surface area (Å²) in [5.74, 6) is -0.204. The third kappa shape index (κ3) is 43.1. The molecule has 12 unspecified atom stereocenters. The topological polar surface area (TPSA) is 228 Å². The zero-order valence-corrected chi connectivity index (χ0v) is 56.4. The van der Waals surface area contributed by atoms with Crippen molar-refractivity contribution in [3.63, 3.8) is 0 Å². The molecule has 0 aromatic rings. The normalized spacial score (nSPS) is 23.4. The number of allylic oxidation sites excluding steroid dienone is 12. The Morgan fingerprint density at radius 3 is 1.19 bits per heavy atom. The lowest BCUT2D eigenvalue weighted by Crippen LogP contribution is -2.65. The molecule has 0 spiro atoms. The summed E-state index contributed by atoms with van der Waals surface area (Å²) in [5.41, 5.74) is 0. The molecule has 89 heavy (non-hydrogen) atoms. The molecular weight excluding hydrogens is 1120 g/mol. The van der Waals surface area contributed by atoms with Gasteiger partial charge in [-0.15, -0.1) is 0 Å². The second kappa shape index (κ2) is 59.2. The Bertz CT molecular complexity index is 1770. The molecule has 14 heteroatoms. The highest BCUT2D eigenvalue weighted by Crippen LogP contribution is 2.30. The number of aliphatic hydroxyl groups excluding tert-OH is 8. The Balaban J connectivity index is 1.62. The van der Waals surface area contributed by atoms with Crippen LogP contribution in [0, 0.1) is 0 Å². The van der Waals surface area contributed by atoms with Gasteiger partial charge in [0.2, 0.25) is 5.91 Å². The third-order valence-electron chi connectivity index (χ3n) is 17.7. The minimum absolute atomic E-state index is 0.204. The molecule has 0 aromatic heterocycles. The highest BCUT2D eigenvalue weighted by Gasteiger charge is 2.51. The maximum absolute atomic E-state index is 13.4. The Hall–Kier alpha value is -2.57.